The van der Waals surface area contributed by atoms with E-state index in [1.54, 1.807) is 0 Å². The van der Waals surface area contributed by atoms with Crippen molar-refractivity contribution in [1.29, 1.82) is 0 Å². The van der Waals surface area contributed by atoms with Crippen LogP contribution in [0.3, 0.4) is 0 Å². The van der Waals surface area contributed by atoms with E-state index in [1.165, 1.54) is 12.8 Å². The molecule has 110 valence electrons. The van der Waals surface area contributed by atoms with Crippen molar-refractivity contribution in [3.8, 4) is 0 Å². The van der Waals surface area contributed by atoms with Gasteiger partial charge in [-0.2, -0.15) is 0 Å². The highest BCUT2D eigenvalue weighted by molar-refractivity contribution is 9.10. The molecule has 1 aliphatic rings. The van der Waals surface area contributed by atoms with Crippen LogP contribution < -0.4 is 11.1 Å². The molecule has 3 N–H and O–H groups in total. The molecular formula is C16H18BrN3O. The monoisotopic (exact) mass is 347 g/mol. The van der Waals surface area contributed by atoms with E-state index in [0.717, 1.165) is 32.2 Å². The molecule has 5 heteroatoms. The molecule has 1 fully saturated rings. The second kappa shape index (κ2) is 5.73. The van der Waals surface area contributed by atoms with Crippen LogP contribution in [-0.4, -0.2) is 24.0 Å². The lowest BCUT2D eigenvalue weighted by molar-refractivity contribution is 0.0955. The lowest BCUT2D eigenvalue weighted by Crippen LogP contribution is -2.30. The number of halogens is 1. The summed E-state index contributed by atoms with van der Waals surface area (Å²) in [5, 5.41) is 3.77. The van der Waals surface area contributed by atoms with Crippen LogP contribution in [-0.2, 0) is 0 Å². The first-order valence-corrected chi connectivity index (χ1v) is 7.99. The van der Waals surface area contributed by atoms with Gasteiger partial charge in [0.15, 0.2) is 0 Å². The zero-order valence-corrected chi connectivity index (χ0v) is 13.5. The standard InChI is InChI=1S/C16H18BrN3O/c1-9-14(16(21)19-7-6-18)12-8-11(17)4-5-13(12)20-15(9)10-2-3-10/h4-5,8,10H,2-3,6-7,18H2,1H3,(H,19,21). The van der Waals surface area contributed by atoms with Crippen molar-refractivity contribution in [2.75, 3.05) is 13.1 Å². The Morgan fingerprint density at radius 1 is 1.48 bits per heavy atom. The predicted molar refractivity (Wildman–Crippen MR) is 87.5 cm³/mol. The zero-order chi connectivity index (χ0) is 15.0. The number of amides is 1. The Morgan fingerprint density at radius 2 is 2.24 bits per heavy atom. The van der Waals surface area contributed by atoms with E-state index in [0.29, 0.717) is 19.0 Å². The third-order valence-corrected chi connectivity index (χ3v) is 4.34. The van der Waals surface area contributed by atoms with Crippen LogP contribution >= 0.6 is 15.9 Å². The van der Waals surface area contributed by atoms with Crippen molar-refractivity contribution < 1.29 is 4.79 Å². The smallest absolute Gasteiger partial charge is 0.252 e. The molecule has 21 heavy (non-hydrogen) atoms. The molecule has 1 aromatic carbocycles. The van der Waals surface area contributed by atoms with Gasteiger partial charge in [0, 0.05) is 34.6 Å². The Hall–Kier alpha value is -1.46. The Kier molecular flexibility index (Phi) is 3.95. The molecule has 0 radical (unpaired) electrons. The molecule has 0 atom stereocenters. The fraction of sp³-hybridized carbons (Fsp3) is 0.375. The zero-order valence-electron chi connectivity index (χ0n) is 11.9. The summed E-state index contributed by atoms with van der Waals surface area (Å²) >= 11 is 3.47. The van der Waals surface area contributed by atoms with Crippen molar-refractivity contribution >= 4 is 32.7 Å². The summed E-state index contributed by atoms with van der Waals surface area (Å²) < 4.78 is 0.947. The Bertz CT molecular complexity index is 710. The average molecular weight is 348 g/mol. The van der Waals surface area contributed by atoms with E-state index in [4.69, 9.17) is 10.7 Å². The number of fused-ring (bicyclic) bond motifs is 1. The van der Waals surface area contributed by atoms with E-state index in [1.807, 2.05) is 25.1 Å². The molecule has 1 heterocycles. The lowest BCUT2D eigenvalue weighted by Gasteiger charge is -2.14. The summed E-state index contributed by atoms with van der Waals surface area (Å²) in [5.74, 6) is 0.449. The fourth-order valence-corrected chi connectivity index (χ4v) is 3.03. The minimum atomic E-state index is -0.0645. The van der Waals surface area contributed by atoms with Crippen LogP contribution in [0.1, 0.15) is 40.4 Å². The number of carbonyl (C=O) groups excluding carboxylic acids is 1. The van der Waals surface area contributed by atoms with E-state index in [-0.39, 0.29) is 5.91 Å². The lowest BCUT2D eigenvalue weighted by atomic mass is 9.98. The van der Waals surface area contributed by atoms with Crippen molar-refractivity contribution in [3.05, 3.63) is 39.5 Å². The molecule has 2 aromatic rings. The minimum Gasteiger partial charge on any atom is -0.351 e. The fourth-order valence-electron chi connectivity index (χ4n) is 2.67. The average Bonchev–Trinajstić information content (AvgIpc) is 3.28. The summed E-state index contributed by atoms with van der Waals surface area (Å²) in [6, 6.07) is 5.89. The molecular weight excluding hydrogens is 330 g/mol. The van der Waals surface area contributed by atoms with Gasteiger partial charge >= 0.3 is 0 Å². The number of carbonyl (C=O) groups is 1. The molecule has 0 bridgehead atoms. The second-order valence-corrected chi connectivity index (χ2v) is 6.39. The minimum absolute atomic E-state index is 0.0645. The highest BCUT2D eigenvalue weighted by Gasteiger charge is 2.29. The van der Waals surface area contributed by atoms with Crippen LogP contribution in [0.4, 0.5) is 0 Å². The number of hydrogen-bond donors (Lipinski definition) is 2. The topological polar surface area (TPSA) is 68.0 Å². The van der Waals surface area contributed by atoms with Crippen molar-refractivity contribution in [2.45, 2.75) is 25.7 Å². The third kappa shape index (κ3) is 2.80. The second-order valence-electron chi connectivity index (χ2n) is 5.48. The quantitative estimate of drug-likeness (QED) is 0.893. The van der Waals surface area contributed by atoms with Crippen molar-refractivity contribution in [3.63, 3.8) is 0 Å². The molecule has 1 aliphatic carbocycles. The SMILES string of the molecule is Cc1c(C2CC2)nc2ccc(Br)cc2c1C(=O)NCCN. The van der Waals surface area contributed by atoms with Crippen LogP contribution in [0.2, 0.25) is 0 Å². The van der Waals surface area contributed by atoms with Gasteiger partial charge in [0.05, 0.1) is 11.1 Å². The summed E-state index contributed by atoms with van der Waals surface area (Å²) in [7, 11) is 0. The molecule has 3 rings (SSSR count). The van der Waals surface area contributed by atoms with Gasteiger partial charge in [-0.3, -0.25) is 9.78 Å². The number of nitrogens with zero attached hydrogens (tertiary/aromatic N) is 1. The molecule has 0 saturated heterocycles. The summed E-state index contributed by atoms with van der Waals surface area (Å²) in [6.45, 7) is 2.92. The summed E-state index contributed by atoms with van der Waals surface area (Å²) in [4.78, 5) is 17.3. The first kappa shape index (κ1) is 14.5. The number of nitrogens with one attached hydrogen (secondary N) is 1. The molecule has 0 unspecified atom stereocenters. The van der Waals surface area contributed by atoms with E-state index in [2.05, 4.69) is 21.2 Å². The third-order valence-electron chi connectivity index (χ3n) is 3.85. The van der Waals surface area contributed by atoms with Crippen LogP contribution in [0.25, 0.3) is 10.9 Å². The van der Waals surface area contributed by atoms with Crippen LogP contribution in [0.15, 0.2) is 22.7 Å². The molecule has 1 aromatic heterocycles. The number of rotatable bonds is 4. The predicted octanol–water partition coefficient (Wildman–Crippen LogP) is 2.87. The Labute approximate surface area is 132 Å². The van der Waals surface area contributed by atoms with Crippen LogP contribution in [0.5, 0.6) is 0 Å². The van der Waals surface area contributed by atoms with Gasteiger partial charge in [-0.15, -0.1) is 0 Å². The first-order chi connectivity index (χ1) is 10.1. The van der Waals surface area contributed by atoms with Crippen molar-refractivity contribution in [2.24, 2.45) is 5.73 Å². The summed E-state index contributed by atoms with van der Waals surface area (Å²) in [6.07, 6.45) is 2.33. The van der Waals surface area contributed by atoms with Gasteiger partial charge in [-0.1, -0.05) is 15.9 Å². The van der Waals surface area contributed by atoms with E-state index in [9.17, 15) is 4.79 Å². The van der Waals surface area contributed by atoms with E-state index >= 15 is 0 Å². The normalized spacial score (nSPS) is 14.4. The summed E-state index contributed by atoms with van der Waals surface area (Å²) in [5.41, 5.74) is 9.16. The van der Waals surface area contributed by atoms with Gasteiger partial charge in [-0.25, -0.2) is 0 Å². The molecule has 4 nitrogen and oxygen atoms in total. The van der Waals surface area contributed by atoms with Gasteiger partial charge < -0.3 is 11.1 Å². The van der Waals surface area contributed by atoms with Gasteiger partial charge in [0.1, 0.15) is 0 Å². The number of nitrogens with two attached hydrogens (primary N) is 1. The first-order valence-electron chi connectivity index (χ1n) is 7.20. The van der Waals surface area contributed by atoms with Crippen molar-refractivity contribution in [1.82, 2.24) is 10.3 Å². The maximum absolute atomic E-state index is 12.5. The molecule has 0 spiro atoms. The van der Waals surface area contributed by atoms with E-state index < -0.39 is 0 Å². The molecule has 1 saturated carbocycles. The maximum atomic E-state index is 12.5. The maximum Gasteiger partial charge on any atom is 0.252 e. The number of aromatic nitrogens is 1. The van der Waals surface area contributed by atoms with Gasteiger partial charge in [0.2, 0.25) is 0 Å². The highest BCUT2D eigenvalue weighted by Crippen LogP contribution is 2.42. The van der Waals surface area contributed by atoms with Gasteiger partial charge in [-0.05, 0) is 43.5 Å². The molecule has 1 amide bonds. The number of hydrogen-bond acceptors (Lipinski definition) is 3. The highest BCUT2D eigenvalue weighted by atomic mass is 79.9. The Balaban J connectivity index is 2.19. The van der Waals surface area contributed by atoms with Crippen LogP contribution in [0, 0.1) is 6.92 Å². The Morgan fingerprint density at radius 3 is 2.90 bits per heavy atom. The van der Waals surface area contributed by atoms with Gasteiger partial charge in [0.25, 0.3) is 5.91 Å². The number of benzene rings is 1. The number of pyridine rings is 1. The molecule has 0 aliphatic heterocycles. The largest absolute Gasteiger partial charge is 0.351 e.